The highest BCUT2D eigenvalue weighted by Crippen LogP contribution is 2.36. The van der Waals surface area contributed by atoms with Gasteiger partial charge in [-0.15, -0.1) is 0 Å². The Kier molecular flexibility index (Phi) is 5.24. The van der Waals surface area contributed by atoms with Crippen LogP contribution in [0.2, 0.25) is 0 Å². The predicted molar refractivity (Wildman–Crippen MR) is 85.1 cm³/mol. The van der Waals surface area contributed by atoms with Crippen molar-refractivity contribution in [3.8, 4) is 0 Å². The van der Waals surface area contributed by atoms with Crippen LogP contribution in [0.5, 0.6) is 0 Å². The summed E-state index contributed by atoms with van der Waals surface area (Å²) in [4.78, 5) is 10.8. The highest BCUT2D eigenvalue weighted by molar-refractivity contribution is 5.60. The molecule has 0 aliphatic heterocycles. The summed E-state index contributed by atoms with van der Waals surface area (Å²) in [5.74, 6) is 0.932. The summed E-state index contributed by atoms with van der Waals surface area (Å²) in [5.41, 5.74) is 2.12. The van der Waals surface area contributed by atoms with E-state index in [0.717, 1.165) is 23.9 Å². The van der Waals surface area contributed by atoms with Gasteiger partial charge in [0, 0.05) is 6.42 Å². The molecule has 4 atom stereocenters. The Morgan fingerprint density at radius 1 is 1.45 bits per heavy atom. The van der Waals surface area contributed by atoms with Crippen LogP contribution in [0.15, 0.2) is 47.0 Å². The molecule has 22 heavy (non-hydrogen) atoms. The standard InChI is InChI=1S/C18H24O4/c1-11-6-17(21)18(22-3)7-12(2)15(11)8-13-4-5-14(10-19)16(20)9-13/h4-6,9-10,12,14-16,20-21H,7-8H2,1-3H3. The molecule has 0 spiro atoms. The van der Waals surface area contributed by atoms with Gasteiger partial charge in [0.05, 0.1) is 19.1 Å². The van der Waals surface area contributed by atoms with Gasteiger partial charge in [-0.25, -0.2) is 0 Å². The molecule has 0 amide bonds. The predicted octanol–water partition coefficient (Wildman–Crippen LogP) is 3.07. The van der Waals surface area contributed by atoms with Gasteiger partial charge in [0.2, 0.25) is 0 Å². The summed E-state index contributed by atoms with van der Waals surface area (Å²) in [6.45, 7) is 4.14. The first kappa shape index (κ1) is 16.6. The van der Waals surface area contributed by atoms with E-state index in [9.17, 15) is 15.0 Å². The average molecular weight is 304 g/mol. The van der Waals surface area contributed by atoms with Crippen LogP contribution in [-0.2, 0) is 9.53 Å². The lowest BCUT2D eigenvalue weighted by Crippen LogP contribution is -2.22. The minimum Gasteiger partial charge on any atom is -0.504 e. The molecule has 0 aromatic heterocycles. The summed E-state index contributed by atoms with van der Waals surface area (Å²) in [6, 6.07) is 0. The van der Waals surface area contributed by atoms with E-state index in [-0.39, 0.29) is 11.7 Å². The van der Waals surface area contributed by atoms with Gasteiger partial charge >= 0.3 is 0 Å². The van der Waals surface area contributed by atoms with E-state index < -0.39 is 12.0 Å². The number of aliphatic hydroxyl groups excluding tert-OH is 2. The number of ether oxygens (including phenoxy) is 1. The van der Waals surface area contributed by atoms with Crippen LogP contribution < -0.4 is 0 Å². The maximum atomic E-state index is 10.8. The normalized spacial score (nSPS) is 32.2. The molecule has 0 bridgehead atoms. The van der Waals surface area contributed by atoms with Crippen molar-refractivity contribution in [3.05, 3.63) is 47.0 Å². The maximum Gasteiger partial charge on any atom is 0.153 e. The van der Waals surface area contributed by atoms with Crippen LogP contribution in [0.1, 0.15) is 26.7 Å². The third-order valence-corrected chi connectivity index (χ3v) is 4.60. The number of hydrogen-bond acceptors (Lipinski definition) is 4. The van der Waals surface area contributed by atoms with Crippen molar-refractivity contribution in [2.45, 2.75) is 32.8 Å². The van der Waals surface area contributed by atoms with Crippen molar-refractivity contribution in [1.29, 1.82) is 0 Å². The second-order valence-corrected chi connectivity index (χ2v) is 6.20. The third kappa shape index (κ3) is 3.50. The third-order valence-electron chi connectivity index (χ3n) is 4.60. The summed E-state index contributed by atoms with van der Waals surface area (Å²) < 4.78 is 5.26. The second kappa shape index (κ2) is 6.97. The zero-order chi connectivity index (χ0) is 16.3. The Bertz CT molecular complexity index is 553. The highest BCUT2D eigenvalue weighted by Gasteiger charge is 2.27. The van der Waals surface area contributed by atoms with Gasteiger partial charge in [-0.05, 0) is 36.8 Å². The maximum absolute atomic E-state index is 10.8. The Balaban J connectivity index is 2.16. The van der Waals surface area contributed by atoms with Crippen LogP contribution in [-0.4, -0.2) is 29.7 Å². The SMILES string of the molecule is COC1=C(O)C=C(C)C(CC2=CC(O)C(C=O)C=C2)C(C)C1. The summed E-state index contributed by atoms with van der Waals surface area (Å²) in [5, 5.41) is 20.0. The van der Waals surface area contributed by atoms with E-state index in [1.807, 2.05) is 13.0 Å². The molecule has 2 aliphatic rings. The number of aliphatic hydroxyl groups is 2. The van der Waals surface area contributed by atoms with Crippen LogP contribution in [0.4, 0.5) is 0 Å². The van der Waals surface area contributed by atoms with Gasteiger partial charge in [-0.3, -0.25) is 0 Å². The molecule has 0 radical (unpaired) electrons. The smallest absolute Gasteiger partial charge is 0.153 e. The second-order valence-electron chi connectivity index (χ2n) is 6.20. The minimum atomic E-state index is -0.746. The Labute approximate surface area is 131 Å². The largest absolute Gasteiger partial charge is 0.504 e. The number of methoxy groups -OCH3 is 1. The number of hydrogen-bond donors (Lipinski definition) is 2. The monoisotopic (exact) mass is 304 g/mol. The number of carbonyl (C=O) groups excluding carboxylic acids is 1. The zero-order valence-electron chi connectivity index (χ0n) is 13.3. The van der Waals surface area contributed by atoms with Crippen LogP contribution >= 0.6 is 0 Å². The fourth-order valence-corrected chi connectivity index (χ4v) is 3.19. The molecule has 4 heteroatoms. The molecular weight excluding hydrogens is 280 g/mol. The molecule has 0 saturated heterocycles. The lowest BCUT2D eigenvalue weighted by molar-refractivity contribution is -0.111. The van der Waals surface area contributed by atoms with Crippen molar-refractivity contribution >= 4 is 6.29 Å². The van der Waals surface area contributed by atoms with Crippen molar-refractivity contribution in [1.82, 2.24) is 0 Å². The van der Waals surface area contributed by atoms with Crippen LogP contribution in [0, 0.1) is 17.8 Å². The molecule has 2 N–H and O–H groups in total. The number of rotatable bonds is 4. The molecule has 0 aromatic carbocycles. The molecule has 2 aliphatic carbocycles. The fraction of sp³-hybridized carbons (Fsp3) is 0.500. The number of carbonyl (C=O) groups is 1. The highest BCUT2D eigenvalue weighted by atomic mass is 16.5. The Morgan fingerprint density at radius 3 is 2.77 bits per heavy atom. The lowest BCUT2D eigenvalue weighted by Gasteiger charge is -2.26. The van der Waals surface area contributed by atoms with Crippen LogP contribution in [0.3, 0.4) is 0 Å². The van der Waals surface area contributed by atoms with E-state index in [2.05, 4.69) is 6.92 Å². The molecule has 0 fully saturated rings. The molecule has 0 saturated carbocycles. The van der Waals surface area contributed by atoms with Crippen LogP contribution in [0.25, 0.3) is 0 Å². The molecule has 4 unspecified atom stereocenters. The van der Waals surface area contributed by atoms with E-state index in [0.29, 0.717) is 18.1 Å². The molecule has 0 aromatic rings. The first-order chi connectivity index (χ1) is 10.5. The van der Waals surface area contributed by atoms with Gasteiger partial charge in [-0.1, -0.05) is 30.7 Å². The summed E-state index contributed by atoms with van der Waals surface area (Å²) >= 11 is 0. The van der Waals surface area contributed by atoms with Gasteiger partial charge in [0.15, 0.2) is 5.76 Å². The quantitative estimate of drug-likeness (QED) is 0.783. The van der Waals surface area contributed by atoms with Crippen molar-refractivity contribution in [2.75, 3.05) is 7.11 Å². The Morgan fingerprint density at radius 2 is 2.18 bits per heavy atom. The van der Waals surface area contributed by atoms with Gasteiger partial charge in [-0.2, -0.15) is 0 Å². The van der Waals surface area contributed by atoms with Gasteiger partial charge in [0.25, 0.3) is 0 Å². The number of aldehydes is 1. The van der Waals surface area contributed by atoms with Crippen molar-refractivity contribution in [3.63, 3.8) is 0 Å². The summed E-state index contributed by atoms with van der Waals surface area (Å²) in [7, 11) is 1.57. The Hall–Kier alpha value is -1.81. The molecular formula is C18H24O4. The molecule has 2 rings (SSSR count). The zero-order valence-corrected chi connectivity index (χ0v) is 13.3. The van der Waals surface area contributed by atoms with Gasteiger partial charge < -0.3 is 19.7 Å². The molecule has 0 heterocycles. The summed E-state index contributed by atoms with van der Waals surface area (Å²) in [6.07, 6.45) is 8.67. The minimum absolute atomic E-state index is 0.198. The van der Waals surface area contributed by atoms with E-state index in [1.165, 1.54) is 0 Å². The first-order valence-electron chi connectivity index (χ1n) is 7.62. The van der Waals surface area contributed by atoms with Gasteiger partial charge in [0.1, 0.15) is 12.0 Å². The van der Waals surface area contributed by atoms with E-state index in [4.69, 9.17) is 4.74 Å². The van der Waals surface area contributed by atoms with E-state index in [1.54, 1.807) is 25.3 Å². The molecule has 4 nitrogen and oxygen atoms in total. The molecule has 120 valence electrons. The topological polar surface area (TPSA) is 66.8 Å². The fourth-order valence-electron chi connectivity index (χ4n) is 3.19. The van der Waals surface area contributed by atoms with E-state index >= 15 is 0 Å². The first-order valence-corrected chi connectivity index (χ1v) is 7.62. The van der Waals surface area contributed by atoms with Crippen molar-refractivity contribution in [2.24, 2.45) is 17.8 Å². The van der Waals surface area contributed by atoms with Crippen molar-refractivity contribution < 1.29 is 19.7 Å². The average Bonchev–Trinajstić information content (AvgIpc) is 2.58. The lowest BCUT2D eigenvalue weighted by atomic mass is 9.80. The number of allylic oxidation sites excluding steroid dienone is 5.